The number of aromatic nitrogens is 2. The van der Waals surface area contributed by atoms with Gasteiger partial charge in [-0.15, -0.1) is 0 Å². The fourth-order valence-electron chi connectivity index (χ4n) is 8.35. The molecule has 7 rings (SSSR count). The zero-order chi connectivity index (χ0) is 34.7. The van der Waals surface area contributed by atoms with Crippen molar-refractivity contribution in [3.63, 3.8) is 0 Å². The van der Waals surface area contributed by atoms with Gasteiger partial charge < -0.3 is 28.5 Å². The lowest BCUT2D eigenvalue weighted by atomic mass is 9.82. The van der Waals surface area contributed by atoms with E-state index in [0.29, 0.717) is 34.6 Å². The number of ether oxygens (including phenoxy) is 2. The van der Waals surface area contributed by atoms with Crippen molar-refractivity contribution in [3.8, 4) is 11.4 Å². The van der Waals surface area contributed by atoms with Gasteiger partial charge in [-0.2, -0.15) is 9.78 Å². The van der Waals surface area contributed by atoms with Crippen LogP contribution in [0.4, 0.5) is 9.80 Å². The fraction of sp³-hybridized carbons (Fsp3) is 0.405. The molecule has 4 heterocycles. The summed E-state index contributed by atoms with van der Waals surface area (Å²) >= 11 is 0. The lowest BCUT2D eigenvalue weighted by molar-refractivity contribution is -0.150. The van der Waals surface area contributed by atoms with Crippen LogP contribution in [0.15, 0.2) is 77.7 Å². The van der Waals surface area contributed by atoms with E-state index < -0.39 is 31.6 Å². The van der Waals surface area contributed by atoms with E-state index >= 15 is 4.11 Å². The third-order valence-corrected chi connectivity index (χ3v) is 13.1. The molecule has 2 amide bonds. The number of methoxy groups -OCH3 is 1. The summed E-state index contributed by atoms with van der Waals surface area (Å²) in [4.78, 5) is 44.9. The van der Waals surface area contributed by atoms with Gasteiger partial charge in [0, 0.05) is 29.0 Å². The summed E-state index contributed by atoms with van der Waals surface area (Å²) in [6.07, 6.45) is 2.30. The fourth-order valence-corrected chi connectivity index (χ4v) is 10.8. The maximum absolute atomic E-state index is 16.3. The number of likely N-dealkylation sites (tertiary alicyclic amines) is 1. The van der Waals surface area contributed by atoms with Crippen molar-refractivity contribution in [2.45, 2.75) is 69.1 Å². The summed E-state index contributed by atoms with van der Waals surface area (Å²) in [6, 6.07) is 19.7. The van der Waals surface area contributed by atoms with E-state index in [1.165, 1.54) is 4.68 Å². The van der Waals surface area contributed by atoms with Gasteiger partial charge in [-0.25, -0.2) is 0 Å². The van der Waals surface area contributed by atoms with Crippen LogP contribution in [-0.2, 0) is 26.5 Å². The molecule has 1 N–H and O–H groups in total. The van der Waals surface area contributed by atoms with Crippen LogP contribution in [0.25, 0.3) is 16.5 Å². The zero-order valence-electron chi connectivity index (χ0n) is 28.1. The van der Waals surface area contributed by atoms with E-state index in [2.05, 4.69) is 5.10 Å². The maximum atomic E-state index is 16.3. The first-order chi connectivity index (χ1) is 23.5. The van der Waals surface area contributed by atoms with E-state index in [-0.39, 0.29) is 43.0 Å². The molecule has 3 aromatic carbocycles. The van der Waals surface area contributed by atoms with Crippen LogP contribution in [0.1, 0.15) is 37.3 Å². The first-order valence-electron chi connectivity index (χ1n) is 16.8. The molecule has 3 aliphatic heterocycles. The Bertz CT molecular complexity index is 1980. The minimum Gasteiger partial charge on any atom is -0.497 e. The number of hydrogen-bond acceptors (Lipinski definition) is 7. The predicted octanol–water partition coefficient (Wildman–Crippen LogP) is 5.09. The number of nitrogens with zero attached hydrogens (tertiary/aromatic N) is 4. The van der Waals surface area contributed by atoms with Crippen LogP contribution in [0.2, 0.25) is 18.6 Å². The third-order valence-electron chi connectivity index (χ3n) is 10.7. The molecule has 49 heavy (non-hydrogen) atoms. The number of fused-ring (bicyclic) bond motifs is 3. The highest BCUT2D eigenvalue weighted by atomic mass is 28.4. The molecular weight excluding hydrogens is 644 g/mol. The SMILES string of the molecule is COc1ccc2c(c1)[C@@]1(O[C@H](CC(=O)N3CCC[C@H]3CO)[C@@H]([Si](C)(C)F)[C@@H]1C)C(=O)N2Cc1ccc(-n2ncc3ccccc3c2=O)cc1. The van der Waals surface area contributed by atoms with Gasteiger partial charge in [0.15, 0.2) is 5.60 Å². The molecule has 5 atom stereocenters. The second-order valence-electron chi connectivity index (χ2n) is 13.9. The highest BCUT2D eigenvalue weighted by Crippen LogP contribution is 2.60. The number of benzene rings is 3. The number of halogens is 1. The van der Waals surface area contributed by atoms with Gasteiger partial charge in [0.2, 0.25) is 14.3 Å². The van der Waals surface area contributed by atoms with E-state index in [4.69, 9.17) is 9.47 Å². The molecule has 1 aromatic heterocycles. The van der Waals surface area contributed by atoms with Crippen LogP contribution < -0.4 is 15.2 Å². The van der Waals surface area contributed by atoms with E-state index in [0.717, 1.165) is 23.8 Å². The Kier molecular flexibility index (Phi) is 8.44. The van der Waals surface area contributed by atoms with Crippen molar-refractivity contribution in [2.75, 3.05) is 25.2 Å². The molecule has 0 unspecified atom stereocenters. The third kappa shape index (κ3) is 5.46. The number of amides is 2. The lowest BCUT2D eigenvalue weighted by Crippen LogP contribution is -2.45. The van der Waals surface area contributed by atoms with E-state index in [1.54, 1.807) is 66.5 Å². The van der Waals surface area contributed by atoms with Crippen molar-refractivity contribution < 1.29 is 28.3 Å². The summed E-state index contributed by atoms with van der Waals surface area (Å²) in [6.45, 7) is 5.70. The smallest absolute Gasteiger partial charge is 0.279 e. The quantitative estimate of drug-likeness (QED) is 0.203. The average molecular weight is 685 g/mol. The Morgan fingerprint density at radius 1 is 1.12 bits per heavy atom. The highest BCUT2D eigenvalue weighted by molar-refractivity contribution is 6.72. The zero-order valence-corrected chi connectivity index (χ0v) is 29.1. The molecule has 2 fully saturated rings. The molecule has 12 heteroatoms. The van der Waals surface area contributed by atoms with Gasteiger partial charge in [-0.05, 0) is 67.9 Å². The molecule has 2 saturated heterocycles. The number of rotatable bonds is 8. The number of carbonyl (C=O) groups is 2. The molecule has 1 spiro atoms. The first kappa shape index (κ1) is 33.1. The number of hydrogen-bond donors (Lipinski definition) is 1. The van der Waals surface area contributed by atoms with Crippen molar-refractivity contribution in [3.05, 3.63) is 94.4 Å². The summed E-state index contributed by atoms with van der Waals surface area (Å²) in [5.74, 6) is -0.535. The van der Waals surface area contributed by atoms with Gasteiger partial charge >= 0.3 is 0 Å². The Hall–Kier alpha value is -4.39. The minimum atomic E-state index is -3.49. The first-order valence-corrected chi connectivity index (χ1v) is 19.8. The van der Waals surface area contributed by atoms with Crippen molar-refractivity contribution in [2.24, 2.45) is 5.92 Å². The number of aliphatic hydroxyl groups excluding tert-OH is 1. The molecule has 10 nitrogen and oxygen atoms in total. The largest absolute Gasteiger partial charge is 0.497 e. The van der Waals surface area contributed by atoms with Crippen LogP contribution >= 0.6 is 0 Å². The molecule has 3 aliphatic rings. The Morgan fingerprint density at radius 3 is 2.59 bits per heavy atom. The summed E-state index contributed by atoms with van der Waals surface area (Å²) in [5.41, 5.74) is 0.257. The molecule has 4 aromatic rings. The van der Waals surface area contributed by atoms with Crippen LogP contribution in [0, 0.1) is 5.92 Å². The summed E-state index contributed by atoms with van der Waals surface area (Å²) < 4.78 is 30.0. The molecule has 0 aliphatic carbocycles. The van der Waals surface area contributed by atoms with Gasteiger partial charge in [-0.3, -0.25) is 14.4 Å². The second kappa shape index (κ2) is 12.5. The van der Waals surface area contributed by atoms with Crippen molar-refractivity contribution in [1.82, 2.24) is 14.7 Å². The average Bonchev–Trinajstić information content (AvgIpc) is 3.75. The topological polar surface area (TPSA) is 114 Å². The van der Waals surface area contributed by atoms with Crippen molar-refractivity contribution in [1.29, 1.82) is 0 Å². The molecule has 0 radical (unpaired) electrons. The van der Waals surface area contributed by atoms with Gasteiger partial charge in [0.1, 0.15) is 5.75 Å². The van der Waals surface area contributed by atoms with Crippen LogP contribution in [0.3, 0.4) is 0 Å². The normalized spacial score (nSPS) is 25.1. The van der Waals surface area contributed by atoms with Gasteiger partial charge in [-0.1, -0.05) is 37.3 Å². The molecular formula is C37H41FN4O6Si. The second-order valence-corrected chi connectivity index (χ2v) is 17.7. The van der Waals surface area contributed by atoms with Crippen molar-refractivity contribution >= 4 is 36.7 Å². The number of anilines is 1. The Morgan fingerprint density at radius 2 is 1.88 bits per heavy atom. The molecule has 0 saturated carbocycles. The van der Waals surface area contributed by atoms with Crippen LogP contribution in [0.5, 0.6) is 5.75 Å². The minimum absolute atomic E-state index is 0.0656. The molecule has 0 bridgehead atoms. The predicted molar refractivity (Wildman–Crippen MR) is 186 cm³/mol. The van der Waals surface area contributed by atoms with E-state index in [9.17, 15) is 19.5 Å². The van der Waals surface area contributed by atoms with Gasteiger partial charge in [0.25, 0.3) is 11.5 Å². The number of aliphatic hydroxyl groups is 1. The van der Waals surface area contributed by atoms with Crippen LogP contribution in [-0.4, -0.2) is 72.4 Å². The lowest BCUT2D eigenvalue weighted by Gasteiger charge is -2.31. The maximum Gasteiger partial charge on any atom is 0.279 e. The van der Waals surface area contributed by atoms with E-state index in [1.807, 2.05) is 43.3 Å². The Labute approximate surface area is 285 Å². The summed E-state index contributed by atoms with van der Waals surface area (Å²) in [7, 11) is -1.94. The summed E-state index contributed by atoms with van der Waals surface area (Å²) in [5, 5.41) is 15.5. The highest BCUT2D eigenvalue weighted by Gasteiger charge is 2.67. The molecule has 256 valence electrons. The monoisotopic (exact) mass is 684 g/mol. The number of carbonyl (C=O) groups excluding carboxylic acids is 2. The standard InChI is InChI=1S/C37H41FN4O6Si/c1-23-34(49(3,4)38)32(19-33(44)40-17-7-9-27(40)22-43)48-37(23)30-18-28(47-2)15-16-31(30)41(36(37)46)21-24-11-13-26(14-12-24)42-35(45)29-10-6-5-8-25(29)20-39-42/h5-6,8,10-16,18,20,23,27,32,34,43H,7,9,17,19,21-22H2,1-4H3/t23-,27-,32+,34-,37+/m0/s1. The Balaban J connectivity index is 1.22. The van der Waals surface area contributed by atoms with Gasteiger partial charge in [0.05, 0.1) is 61.8 Å².